The molecule has 0 saturated carbocycles. The van der Waals surface area contributed by atoms with Gasteiger partial charge in [-0.3, -0.25) is 0 Å². The summed E-state index contributed by atoms with van der Waals surface area (Å²) in [6.45, 7) is -0.465. The lowest BCUT2D eigenvalue weighted by Gasteiger charge is -2.19. The monoisotopic (exact) mass is 162 g/mol. The van der Waals surface area contributed by atoms with Gasteiger partial charge in [-0.15, -0.1) is 6.42 Å². The Bertz CT molecular complexity index is 286. The normalized spacial score (nSPS) is 14.8. The highest BCUT2D eigenvalue weighted by molar-refractivity contribution is 5.30. The fourth-order valence-corrected chi connectivity index (χ4v) is 0.934. The lowest BCUT2D eigenvalue weighted by Crippen LogP contribution is -2.27. The molecule has 1 aromatic rings. The van der Waals surface area contributed by atoms with Gasteiger partial charge >= 0.3 is 0 Å². The van der Waals surface area contributed by atoms with E-state index in [4.69, 9.17) is 11.5 Å². The van der Waals surface area contributed by atoms with Crippen LogP contribution in [0.5, 0.6) is 0 Å². The van der Waals surface area contributed by atoms with Crippen molar-refractivity contribution in [2.75, 3.05) is 6.61 Å². The molecule has 0 aliphatic heterocycles. The van der Waals surface area contributed by atoms with Gasteiger partial charge in [0.25, 0.3) is 0 Å². The van der Waals surface area contributed by atoms with Crippen LogP contribution in [0.3, 0.4) is 0 Å². The zero-order valence-electron chi connectivity index (χ0n) is 6.57. The van der Waals surface area contributed by atoms with Gasteiger partial charge in [-0.05, 0) is 5.56 Å². The fourth-order valence-electron chi connectivity index (χ4n) is 0.934. The number of aliphatic hydroxyl groups is 2. The molecular formula is C10H10O2. The van der Waals surface area contributed by atoms with Crippen LogP contribution in [0.2, 0.25) is 0 Å². The largest absolute Gasteiger partial charge is 0.392 e. The number of aliphatic hydroxyl groups excluding tert-OH is 1. The Balaban J connectivity index is 3.06. The summed E-state index contributed by atoms with van der Waals surface area (Å²) in [4.78, 5) is 0. The number of hydrogen-bond donors (Lipinski definition) is 2. The quantitative estimate of drug-likeness (QED) is 0.622. The van der Waals surface area contributed by atoms with E-state index in [9.17, 15) is 5.11 Å². The van der Waals surface area contributed by atoms with Gasteiger partial charge in [-0.25, -0.2) is 0 Å². The highest BCUT2D eigenvalue weighted by Gasteiger charge is 2.24. The number of hydrogen-bond acceptors (Lipinski definition) is 2. The van der Waals surface area contributed by atoms with Crippen LogP contribution in [0.25, 0.3) is 0 Å². The lowest BCUT2D eigenvalue weighted by molar-refractivity contribution is 0.0331. The van der Waals surface area contributed by atoms with Crippen molar-refractivity contribution in [1.29, 1.82) is 0 Å². The molecule has 0 heterocycles. The Morgan fingerprint density at radius 2 is 1.92 bits per heavy atom. The summed E-state index contributed by atoms with van der Waals surface area (Å²) in [7, 11) is 0. The van der Waals surface area contributed by atoms with Crippen LogP contribution in [-0.2, 0) is 5.60 Å². The maximum absolute atomic E-state index is 9.61. The predicted molar refractivity (Wildman–Crippen MR) is 46.3 cm³/mol. The van der Waals surface area contributed by atoms with Gasteiger partial charge in [0.2, 0.25) is 0 Å². The van der Waals surface area contributed by atoms with Crippen molar-refractivity contribution < 1.29 is 10.2 Å². The Morgan fingerprint density at radius 1 is 1.33 bits per heavy atom. The van der Waals surface area contributed by atoms with Gasteiger partial charge in [0.05, 0.1) is 6.61 Å². The molecule has 1 atom stereocenters. The van der Waals surface area contributed by atoms with Crippen molar-refractivity contribution in [3.63, 3.8) is 0 Å². The van der Waals surface area contributed by atoms with E-state index in [1.165, 1.54) is 0 Å². The molecule has 0 spiro atoms. The van der Waals surface area contributed by atoms with Gasteiger partial charge in [0.1, 0.15) is 0 Å². The van der Waals surface area contributed by atoms with Crippen LogP contribution in [0.15, 0.2) is 30.3 Å². The van der Waals surface area contributed by atoms with Crippen LogP contribution in [0.4, 0.5) is 0 Å². The zero-order chi connectivity index (χ0) is 9.03. The third-order valence-electron chi connectivity index (χ3n) is 1.72. The third kappa shape index (κ3) is 1.48. The van der Waals surface area contributed by atoms with E-state index in [1.54, 1.807) is 24.3 Å². The molecule has 0 aromatic heterocycles. The molecule has 2 N–H and O–H groups in total. The first-order valence-corrected chi connectivity index (χ1v) is 3.59. The van der Waals surface area contributed by atoms with Crippen LogP contribution in [0.1, 0.15) is 5.56 Å². The van der Waals surface area contributed by atoms with Crippen molar-refractivity contribution in [3.8, 4) is 12.3 Å². The Kier molecular flexibility index (Phi) is 2.49. The number of terminal acetylenes is 1. The Labute approximate surface area is 71.5 Å². The molecule has 0 bridgehead atoms. The standard InChI is InChI=1S/C10H10O2/c1-2-10(12,8-11)9-6-4-3-5-7-9/h1,3-7,11-12H,8H2/t10-/m1/s1. The van der Waals surface area contributed by atoms with E-state index in [0.29, 0.717) is 5.56 Å². The highest BCUT2D eigenvalue weighted by Crippen LogP contribution is 2.18. The average molecular weight is 162 g/mol. The molecule has 0 fully saturated rings. The second kappa shape index (κ2) is 3.40. The topological polar surface area (TPSA) is 40.5 Å². The van der Waals surface area contributed by atoms with Gasteiger partial charge in [0, 0.05) is 0 Å². The first-order valence-electron chi connectivity index (χ1n) is 3.59. The van der Waals surface area contributed by atoms with Gasteiger partial charge in [-0.1, -0.05) is 36.3 Å². The summed E-state index contributed by atoms with van der Waals surface area (Å²) in [5.74, 6) is 2.15. The van der Waals surface area contributed by atoms with Gasteiger partial charge in [-0.2, -0.15) is 0 Å². The molecule has 2 heteroatoms. The molecule has 62 valence electrons. The van der Waals surface area contributed by atoms with E-state index in [2.05, 4.69) is 5.92 Å². The molecule has 0 unspecified atom stereocenters. The number of benzene rings is 1. The first-order chi connectivity index (χ1) is 5.73. The summed E-state index contributed by atoms with van der Waals surface area (Å²) in [5, 5.41) is 18.5. The van der Waals surface area contributed by atoms with Crippen molar-refractivity contribution in [2.45, 2.75) is 5.60 Å². The molecule has 12 heavy (non-hydrogen) atoms. The third-order valence-corrected chi connectivity index (χ3v) is 1.72. The molecule has 0 amide bonds. The van der Waals surface area contributed by atoms with Crippen LogP contribution >= 0.6 is 0 Å². The van der Waals surface area contributed by atoms with Crippen LogP contribution in [0, 0.1) is 12.3 Å². The number of rotatable bonds is 2. The smallest absolute Gasteiger partial charge is 0.173 e. The maximum atomic E-state index is 9.61. The Morgan fingerprint density at radius 3 is 2.33 bits per heavy atom. The summed E-state index contributed by atoms with van der Waals surface area (Å²) >= 11 is 0. The van der Waals surface area contributed by atoms with E-state index >= 15 is 0 Å². The van der Waals surface area contributed by atoms with E-state index < -0.39 is 12.2 Å². The molecule has 0 radical (unpaired) electrons. The second-order valence-corrected chi connectivity index (χ2v) is 2.53. The predicted octanol–water partition coefficient (Wildman–Crippen LogP) is 0.500. The van der Waals surface area contributed by atoms with E-state index in [0.717, 1.165) is 0 Å². The van der Waals surface area contributed by atoms with Crippen molar-refractivity contribution in [2.24, 2.45) is 0 Å². The SMILES string of the molecule is C#C[C@@](O)(CO)c1ccccc1. The van der Waals surface area contributed by atoms with Gasteiger partial charge in [0.15, 0.2) is 5.60 Å². The first kappa shape index (κ1) is 8.79. The minimum absolute atomic E-state index is 0.465. The summed E-state index contributed by atoms with van der Waals surface area (Å²) in [5.41, 5.74) is -1.00. The van der Waals surface area contributed by atoms with Crippen LogP contribution in [-0.4, -0.2) is 16.8 Å². The second-order valence-electron chi connectivity index (χ2n) is 2.53. The van der Waals surface area contributed by atoms with Crippen molar-refractivity contribution >= 4 is 0 Å². The van der Waals surface area contributed by atoms with Crippen LogP contribution < -0.4 is 0 Å². The Hall–Kier alpha value is -1.30. The summed E-state index contributed by atoms with van der Waals surface area (Å²) in [6.07, 6.45) is 5.09. The molecule has 0 aliphatic carbocycles. The molecule has 1 aromatic carbocycles. The molecule has 0 saturated heterocycles. The lowest BCUT2D eigenvalue weighted by atomic mass is 9.96. The molecule has 1 rings (SSSR count). The molecular weight excluding hydrogens is 152 g/mol. The van der Waals surface area contributed by atoms with E-state index in [-0.39, 0.29) is 0 Å². The zero-order valence-corrected chi connectivity index (χ0v) is 6.57. The van der Waals surface area contributed by atoms with Crippen molar-refractivity contribution in [3.05, 3.63) is 35.9 Å². The van der Waals surface area contributed by atoms with E-state index in [1.807, 2.05) is 6.07 Å². The fraction of sp³-hybridized carbons (Fsp3) is 0.200. The minimum Gasteiger partial charge on any atom is -0.392 e. The summed E-state index contributed by atoms with van der Waals surface area (Å²) in [6, 6.07) is 8.69. The van der Waals surface area contributed by atoms with Gasteiger partial charge < -0.3 is 10.2 Å². The van der Waals surface area contributed by atoms with Crippen molar-refractivity contribution in [1.82, 2.24) is 0 Å². The summed E-state index contributed by atoms with van der Waals surface area (Å²) < 4.78 is 0. The molecule has 2 nitrogen and oxygen atoms in total. The molecule has 0 aliphatic rings. The highest BCUT2D eigenvalue weighted by atomic mass is 16.3. The maximum Gasteiger partial charge on any atom is 0.173 e. The minimum atomic E-state index is -1.54. The average Bonchev–Trinajstić information content (AvgIpc) is 2.18.